The van der Waals surface area contributed by atoms with Crippen molar-refractivity contribution in [3.8, 4) is 22.6 Å². The average Bonchev–Trinajstić information content (AvgIpc) is 2.64. The number of rotatable bonds is 5. The highest BCUT2D eigenvalue weighted by Crippen LogP contribution is 2.20. The summed E-state index contributed by atoms with van der Waals surface area (Å²) in [5, 5.41) is 0. The molecule has 114 valence electrons. The first-order chi connectivity index (χ1) is 11.3. The molecule has 5 heteroatoms. The fourth-order valence-corrected chi connectivity index (χ4v) is 2.40. The van der Waals surface area contributed by atoms with Gasteiger partial charge in [0.2, 0.25) is 0 Å². The lowest BCUT2D eigenvalue weighted by Crippen LogP contribution is -2.37. The van der Waals surface area contributed by atoms with Crippen LogP contribution in [0.4, 0.5) is 0 Å². The molecule has 3 aromatic rings. The standard InChI is InChI=1S/C18H17BN2O2/c1-22-19(23-2)17-13-16(14-9-5-3-6-10-14)20-18(21-17)15-11-7-4-8-12-15/h3-13H,1-2H3. The van der Waals surface area contributed by atoms with Gasteiger partial charge < -0.3 is 9.31 Å². The van der Waals surface area contributed by atoms with Crippen LogP contribution < -0.4 is 5.59 Å². The summed E-state index contributed by atoms with van der Waals surface area (Å²) in [5.74, 6) is 0.654. The summed E-state index contributed by atoms with van der Waals surface area (Å²) < 4.78 is 10.7. The Hall–Kier alpha value is -2.50. The highest BCUT2D eigenvalue weighted by Gasteiger charge is 2.22. The van der Waals surface area contributed by atoms with Crippen LogP contribution >= 0.6 is 0 Å². The van der Waals surface area contributed by atoms with Crippen LogP contribution in [0.3, 0.4) is 0 Å². The highest BCUT2D eigenvalue weighted by atomic mass is 16.6. The van der Waals surface area contributed by atoms with Gasteiger partial charge >= 0.3 is 7.12 Å². The largest absolute Gasteiger partial charge is 0.513 e. The Labute approximate surface area is 136 Å². The first-order valence-electron chi connectivity index (χ1n) is 7.37. The lowest BCUT2D eigenvalue weighted by atomic mass is 9.83. The van der Waals surface area contributed by atoms with Crippen LogP contribution in [0.25, 0.3) is 22.6 Å². The van der Waals surface area contributed by atoms with Crippen LogP contribution in [0.15, 0.2) is 66.7 Å². The van der Waals surface area contributed by atoms with Gasteiger partial charge in [-0.25, -0.2) is 9.97 Å². The molecule has 0 aliphatic carbocycles. The van der Waals surface area contributed by atoms with Gasteiger partial charge in [0.1, 0.15) is 0 Å². The molecule has 0 unspecified atom stereocenters. The van der Waals surface area contributed by atoms with E-state index in [9.17, 15) is 0 Å². The predicted octanol–water partition coefficient (Wildman–Crippen LogP) is 2.80. The van der Waals surface area contributed by atoms with Gasteiger partial charge in [-0.1, -0.05) is 60.7 Å². The van der Waals surface area contributed by atoms with E-state index < -0.39 is 7.12 Å². The maximum Gasteiger partial charge on any atom is 0.513 e. The number of benzene rings is 2. The van der Waals surface area contributed by atoms with Gasteiger partial charge in [0.25, 0.3) is 0 Å². The third-order valence-corrected chi connectivity index (χ3v) is 3.52. The van der Waals surface area contributed by atoms with Crippen molar-refractivity contribution in [2.45, 2.75) is 0 Å². The average molecular weight is 304 g/mol. The molecule has 0 bridgehead atoms. The predicted molar refractivity (Wildman–Crippen MR) is 92.3 cm³/mol. The summed E-state index contributed by atoms with van der Waals surface area (Å²) in [7, 11) is 2.67. The normalized spacial score (nSPS) is 10.5. The van der Waals surface area contributed by atoms with Crippen molar-refractivity contribution in [3.63, 3.8) is 0 Å². The van der Waals surface area contributed by atoms with Crippen molar-refractivity contribution < 1.29 is 9.31 Å². The van der Waals surface area contributed by atoms with E-state index in [1.54, 1.807) is 14.2 Å². The molecule has 0 saturated carbocycles. The van der Waals surface area contributed by atoms with Crippen molar-refractivity contribution in [1.29, 1.82) is 0 Å². The van der Waals surface area contributed by atoms with Gasteiger partial charge in [0.05, 0.1) is 11.3 Å². The molecule has 0 aliphatic rings. The summed E-state index contributed by atoms with van der Waals surface area (Å²) >= 11 is 0. The number of hydrogen-bond acceptors (Lipinski definition) is 4. The fraction of sp³-hybridized carbons (Fsp3) is 0.111. The molecule has 0 spiro atoms. The fourth-order valence-electron chi connectivity index (χ4n) is 2.40. The van der Waals surface area contributed by atoms with Gasteiger partial charge in [-0.2, -0.15) is 0 Å². The van der Waals surface area contributed by atoms with E-state index in [0.29, 0.717) is 11.4 Å². The zero-order chi connectivity index (χ0) is 16.1. The van der Waals surface area contributed by atoms with E-state index in [0.717, 1.165) is 16.8 Å². The third kappa shape index (κ3) is 3.47. The molecule has 0 fully saturated rings. The first-order valence-corrected chi connectivity index (χ1v) is 7.37. The Bertz CT molecular complexity index is 705. The van der Waals surface area contributed by atoms with E-state index in [4.69, 9.17) is 14.3 Å². The summed E-state index contributed by atoms with van der Waals surface area (Å²) in [6.07, 6.45) is 0. The first kappa shape index (κ1) is 15.4. The van der Waals surface area contributed by atoms with Crippen molar-refractivity contribution in [1.82, 2.24) is 9.97 Å². The minimum Gasteiger partial charge on any atom is -0.409 e. The third-order valence-electron chi connectivity index (χ3n) is 3.52. The molecule has 0 N–H and O–H groups in total. The quantitative estimate of drug-likeness (QED) is 0.680. The van der Waals surface area contributed by atoms with E-state index in [-0.39, 0.29) is 0 Å². The molecule has 23 heavy (non-hydrogen) atoms. The Morgan fingerprint density at radius 2 is 1.30 bits per heavy atom. The summed E-state index contributed by atoms with van der Waals surface area (Å²) in [4.78, 5) is 9.31. The highest BCUT2D eigenvalue weighted by molar-refractivity contribution is 6.60. The Morgan fingerprint density at radius 3 is 1.87 bits per heavy atom. The van der Waals surface area contributed by atoms with Gasteiger partial charge in [-0.05, 0) is 6.07 Å². The second-order valence-corrected chi connectivity index (χ2v) is 5.04. The monoisotopic (exact) mass is 304 g/mol. The van der Waals surface area contributed by atoms with Gasteiger partial charge in [-0.15, -0.1) is 0 Å². The van der Waals surface area contributed by atoms with Crippen molar-refractivity contribution in [2.24, 2.45) is 0 Å². The molecule has 2 aromatic carbocycles. The zero-order valence-electron chi connectivity index (χ0n) is 13.1. The topological polar surface area (TPSA) is 44.2 Å². The van der Waals surface area contributed by atoms with Crippen LogP contribution in [0, 0.1) is 0 Å². The molecular weight excluding hydrogens is 287 g/mol. The maximum atomic E-state index is 5.35. The molecule has 0 atom stereocenters. The number of aromatic nitrogens is 2. The molecule has 0 aliphatic heterocycles. The van der Waals surface area contributed by atoms with Crippen molar-refractivity contribution >= 4 is 12.7 Å². The molecule has 3 rings (SSSR count). The molecule has 0 amide bonds. The second-order valence-electron chi connectivity index (χ2n) is 5.04. The molecule has 4 nitrogen and oxygen atoms in total. The van der Waals surface area contributed by atoms with Crippen LogP contribution in [-0.2, 0) is 9.31 Å². The maximum absolute atomic E-state index is 5.35. The van der Waals surface area contributed by atoms with Crippen molar-refractivity contribution in [2.75, 3.05) is 14.2 Å². The molecule has 0 radical (unpaired) electrons. The lowest BCUT2D eigenvalue weighted by Gasteiger charge is -2.12. The molecule has 0 saturated heterocycles. The lowest BCUT2D eigenvalue weighted by molar-refractivity contribution is 0.291. The summed E-state index contributed by atoms with van der Waals surface area (Å²) in [6.45, 7) is 0. The van der Waals surface area contributed by atoms with E-state index in [1.165, 1.54) is 0 Å². The molecular formula is C18H17BN2O2. The van der Waals surface area contributed by atoms with E-state index in [2.05, 4.69) is 4.98 Å². The van der Waals surface area contributed by atoms with Gasteiger partial charge in [0.15, 0.2) is 5.82 Å². The van der Waals surface area contributed by atoms with Crippen LogP contribution in [0.5, 0.6) is 0 Å². The molecule has 1 aromatic heterocycles. The van der Waals surface area contributed by atoms with Crippen LogP contribution in [-0.4, -0.2) is 31.3 Å². The summed E-state index contributed by atoms with van der Waals surface area (Å²) in [6, 6.07) is 21.8. The zero-order valence-corrected chi connectivity index (χ0v) is 13.1. The Kier molecular flexibility index (Phi) is 4.81. The Morgan fingerprint density at radius 1 is 0.739 bits per heavy atom. The Balaban J connectivity index is 2.15. The number of hydrogen-bond donors (Lipinski definition) is 0. The molecule has 1 heterocycles. The summed E-state index contributed by atoms with van der Waals surface area (Å²) in [5.41, 5.74) is 3.52. The minimum absolute atomic E-state index is 0.525. The van der Waals surface area contributed by atoms with E-state index >= 15 is 0 Å². The van der Waals surface area contributed by atoms with Gasteiger partial charge in [0, 0.05) is 25.3 Å². The smallest absolute Gasteiger partial charge is 0.409 e. The second kappa shape index (κ2) is 7.18. The van der Waals surface area contributed by atoms with Crippen molar-refractivity contribution in [3.05, 3.63) is 66.7 Å². The SMILES string of the molecule is COB(OC)c1cc(-c2ccccc2)nc(-c2ccccc2)n1. The number of nitrogens with zero attached hydrogens (tertiary/aromatic N) is 2. The van der Waals surface area contributed by atoms with Crippen LogP contribution in [0.1, 0.15) is 0 Å². The minimum atomic E-state index is -0.525. The van der Waals surface area contributed by atoms with Gasteiger partial charge in [-0.3, -0.25) is 0 Å². The van der Waals surface area contributed by atoms with Crippen LogP contribution in [0.2, 0.25) is 0 Å². The van der Waals surface area contributed by atoms with E-state index in [1.807, 2.05) is 66.7 Å².